The zero-order valence-corrected chi connectivity index (χ0v) is 15.4. The third-order valence-corrected chi connectivity index (χ3v) is 3.61. The molecule has 0 bridgehead atoms. The molecule has 0 aliphatic rings. The third-order valence-electron chi connectivity index (χ3n) is 3.61. The first kappa shape index (κ1) is 22.4. The zero-order valence-electron chi connectivity index (χ0n) is 15.4. The van der Waals surface area contributed by atoms with E-state index in [2.05, 4.69) is 43.3 Å². The molecule has 2 N–H and O–H groups in total. The Hall–Kier alpha value is -2.62. The van der Waals surface area contributed by atoms with Crippen molar-refractivity contribution in [3.05, 3.63) is 59.7 Å². The molecule has 0 heterocycles. The Morgan fingerprint density at radius 1 is 0.960 bits per heavy atom. The highest BCUT2D eigenvalue weighted by Crippen LogP contribution is 2.21. The van der Waals surface area contributed by atoms with Crippen molar-refractivity contribution in [1.29, 1.82) is 0 Å². The van der Waals surface area contributed by atoms with E-state index in [9.17, 15) is 4.79 Å². The Morgan fingerprint density at radius 3 is 1.64 bits per heavy atom. The van der Waals surface area contributed by atoms with Crippen LogP contribution < -0.4 is 0 Å². The Bertz CT molecular complexity index is 615. The molecule has 2 rings (SSSR count). The summed E-state index contributed by atoms with van der Waals surface area (Å²) in [5, 5.41) is 15.8. The second kappa shape index (κ2) is 12.8. The number of aryl methyl sites for hydroxylation is 1. The highest BCUT2D eigenvalue weighted by atomic mass is 16.4. The summed E-state index contributed by atoms with van der Waals surface area (Å²) in [4.78, 5) is 19.2. The van der Waals surface area contributed by atoms with Crippen molar-refractivity contribution < 1.29 is 19.8 Å². The summed E-state index contributed by atoms with van der Waals surface area (Å²) in [6.45, 7) is 7.63. The standard InChI is InChI=1S/C18H20O2.C2H6.CH2O2/c1-3-14-4-8-16(9-5-14)17-10-6-15(7-11-17)12-13(2)18(19)20;1-2;2-1-3/h4-11,13H,3,12H2,1-2H3,(H,19,20);1-2H3;1H,(H,2,3). The molecule has 0 saturated carbocycles. The smallest absolute Gasteiger partial charge is 0.306 e. The summed E-state index contributed by atoms with van der Waals surface area (Å²) in [5.41, 5.74) is 4.76. The van der Waals surface area contributed by atoms with Crippen LogP contribution in [0, 0.1) is 5.92 Å². The van der Waals surface area contributed by atoms with Gasteiger partial charge in [-0.25, -0.2) is 0 Å². The summed E-state index contributed by atoms with van der Waals surface area (Å²) in [7, 11) is 0. The van der Waals surface area contributed by atoms with Crippen LogP contribution in [0.15, 0.2) is 48.5 Å². The molecule has 0 amide bonds. The van der Waals surface area contributed by atoms with Crippen LogP contribution in [0.5, 0.6) is 0 Å². The minimum atomic E-state index is -0.746. The average Bonchev–Trinajstić information content (AvgIpc) is 2.64. The van der Waals surface area contributed by atoms with Gasteiger partial charge in [-0.05, 0) is 35.1 Å². The lowest BCUT2D eigenvalue weighted by Crippen LogP contribution is -2.12. The van der Waals surface area contributed by atoms with Gasteiger partial charge in [0.15, 0.2) is 0 Å². The molecule has 2 aromatic carbocycles. The zero-order chi connectivity index (χ0) is 19.2. The molecule has 136 valence electrons. The van der Waals surface area contributed by atoms with Gasteiger partial charge in [0.1, 0.15) is 0 Å². The van der Waals surface area contributed by atoms with Crippen LogP contribution in [0.2, 0.25) is 0 Å². The lowest BCUT2D eigenvalue weighted by Gasteiger charge is -2.08. The molecule has 25 heavy (non-hydrogen) atoms. The van der Waals surface area contributed by atoms with E-state index in [0.717, 1.165) is 12.0 Å². The van der Waals surface area contributed by atoms with Crippen LogP contribution in [0.4, 0.5) is 0 Å². The van der Waals surface area contributed by atoms with Gasteiger partial charge in [0.2, 0.25) is 0 Å². The molecule has 1 unspecified atom stereocenters. The normalized spacial score (nSPS) is 10.4. The summed E-state index contributed by atoms with van der Waals surface area (Å²) < 4.78 is 0. The summed E-state index contributed by atoms with van der Waals surface area (Å²) in [6, 6.07) is 16.7. The molecular formula is C21H28O4. The number of carbonyl (C=O) groups is 2. The van der Waals surface area contributed by atoms with E-state index in [1.165, 1.54) is 16.7 Å². The van der Waals surface area contributed by atoms with Crippen molar-refractivity contribution in [1.82, 2.24) is 0 Å². The molecule has 0 aliphatic heterocycles. The first-order valence-corrected chi connectivity index (χ1v) is 8.50. The van der Waals surface area contributed by atoms with E-state index < -0.39 is 5.97 Å². The number of benzene rings is 2. The molecule has 0 fully saturated rings. The van der Waals surface area contributed by atoms with Crippen LogP contribution in [0.1, 0.15) is 38.8 Å². The SMILES string of the molecule is CC.CCc1ccc(-c2ccc(CC(C)C(=O)O)cc2)cc1.O=CO. The lowest BCUT2D eigenvalue weighted by atomic mass is 9.97. The quantitative estimate of drug-likeness (QED) is 0.756. The largest absolute Gasteiger partial charge is 0.483 e. The Kier molecular flexibility index (Phi) is 11.4. The molecule has 0 saturated heterocycles. The van der Waals surface area contributed by atoms with Crippen molar-refractivity contribution in [2.24, 2.45) is 5.92 Å². The van der Waals surface area contributed by atoms with Crippen LogP contribution >= 0.6 is 0 Å². The lowest BCUT2D eigenvalue weighted by molar-refractivity contribution is -0.141. The molecule has 2 aromatic rings. The minimum absolute atomic E-state index is 0.250. The average molecular weight is 344 g/mol. The van der Waals surface area contributed by atoms with E-state index >= 15 is 0 Å². The van der Waals surface area contributed by atoms with Crippen LogP contribution in [0.25, 0.3) is 11.1 Å². The maximum Gasteiger partial charge on any atom is 0.306 e. The fourth-order valence-electron chi connectivity index (χ4n) is 2.21. The Morgan fingerprint density at radius 2 is 1.32 bits per heavy atom. The van der Waals surface area contributed by atoms with E-state index in [1.807, 2.05) is 26.0 Å². The molecular weight excluding hydrogens is 316 g/mol. The van der Waals surface area contributed by atoms with Crippen molar-refractivity contribution in [3.63, 3.8) is 0 Å². The van der Waals surface area contributed by atoms with Gasteiger partial charge in [0.05, 0.1) is 5.92 Å². The monoisotopic (exact) mass is 344 g/mol. The summed E-state index contributed by atoms with van der Waals surface area (Å²) >= 11 is 0. The predicted octanol–water partition coefficient (Wildman–Crippen LogP) is 4.91. The van der Waals surface area contributed by atoms with Gasteiger partial charge in [-0.1, -0.05) is 76.2 Å². The fraction of sp³-hybridized carbons (Fsp3) is 0.333. The van der Waals surface area contributed by atoms with E-state index in [-0.39, 0.29) is 12.4 Å². The number of carboxylic acids is 1. The van der Waals surface area contributed by atoms with Crippen molar-refractivity contribution >= 4 is 12.4 Å². The number of hydrogen-bond donors (Lipinski definition) is 2. The highest BCUT2D eigenvalue weighted by Gasteiger charge is 2.11. The van der Waals surface area contributed by atoms with Crippen LogP contribution in [-0.4, -0.2) is 22.7 Å². The second-order valence-corrected chi connectivity index (χ2v) is 5.30. The maximum atomic E-state index is 10.9. The summed E-state index contributed by atoms with van der Waals surface area (Å²) in [5.74, 6) is -1.09. The molecule has 0 aromatic heterocycles. The molecule has 4 nitrogen and oxygen atoms in total. The minimum Gasteiger partial charge on any atom is -0.483 e. The number of aliphatic carboxylic acids is 1. The fourth-order valence-corrected chi connectivity index (χ4v) is 2.21. The number of hydrogen-bond acceptors (Lipinski definition) is 2. The van der Waals surface area contributed by atoms with Gasteiger partial charge < -0.3 is 10.2 Å². The van der Waals surface area contributed by atoms with Crippen molar-refractivity contribution in [3.8, 4) is 11.1 Å². The van der Waals surface area contributed by atoms with E-state index in [4.69, 9.17) is 15.0 Å². The number of rotatable bonds is 5. The van der Waals surface area contributed by atoms with Crippen LogP contribution in [0.3, 0.4) is 0 Å². The first-order chi connectivity index (χ1) is 12.0. The Balaban J connectivity index is 0.00000104. The molecule has 4 heteroatoms. The van der Waals surface area contributed by atoms with E-state index in [1.54, 1.807) is 6.92 Å². The topological polar surface area (TPSA) is 74.6 Å². The molecule has 0 aliphatic carbocycles. The Labute approximate surface area is 150 Å². The molecule has 1 atom stereocenters. The van der Waals surface area contributed by atoms with Crippen molar-refractivity contribution in [2.45, 2.75) is 40.5 Å². The van der Waals surface area contributed by atoms with Gasteiger partial charge in [0, 0.05) is 0 Å². The van der Waals surface area contributed by atoms with Crippen LogP contribution in [-0.2, 0) is 22.4 Å². The van der Waals surface area contributed by atoms with E-state index in [0.29, 0.717) is 6.42 Å². The summed E-state index contributed by atoms with van der Waals surface area (Å²) in [6.07, 6.45) is 1.62. The maximum absolute atomic E-state index is 10.9. The van der Waals surface area contributed by atoms with Gasteiger partial charge in [-0.2, -0.15) is 0 Å². The third kappa shape index (κ3) is 8.15. The molecule has 0 spiro atoms. The number of carboxylic acid groups (broad SMARTS) is 2. The highest BCUT2D eigenvalue weighted by molar-refractivity contribution is 5.70. The first-order valence-electron chi connectivity index (χ1n) is 8.50. The van der Waals surface area contributed by atoms with Gasteiger partial charge in [0.25, 0.3) is 6.47 Å². The predicted molar refractivity (Wildman–Crippen MR) is 102 cm³/mol. The van der Waals surface area contributed by atoms with Gasteiger partial charge in [-0.15, -0.1) is 0 Å². The molecule has 0 radical (unpaired) electrons. The van der Waals surface area contributed by atoms with Gasteiger partial charge in [-0.3, -0.25) is 9.59 Å². The van der Waals surface area contributed by atoms with Gasteiger partial charge >= 0.3 is 5.97 Å². The second-order valence-electron chi connectivity index (χ2n) is 5.30. The van der Waals surface area contributed by atoms with Crippen molar-refractivity contribution in [2.75, 3.05) is 0 Å².